The van der Waals surface area contributed by atoms with E-state index in [1.807, 2.05) is 0 Å². The Labute approximate surface area is 77.5 Å². The average molecular weight is 185 g/mol. The number of anilines is 1. The molecule has 3 nitrogen and oxygen atoms in total. The van der Waals surface area contributed by atoms with E-state index in [2.05, 4.69) is 31.0 Å². The van der Waals surface area contributed by atoms with Gasteiger partial charge in [-0.3, -0.25) is 5.10 Å². The first-order chi connectivity index (χ1) is 5.90. The summed E-state index contributed by atoms with van der Waals surface area (Å²) < 4.78 is 13.1. The van der Waals surface area contributed by atoms with Gasteiger partial charge in [-0.05, 0) is 18.3 Å². The molecular weight excluding hydrogens is 169 g/mol. The molecule has 0 aromatic carbocycles. The van der Waals surface area contributed by atoms with Gasteiger partial charge in [0.15, 0.2) is 11.6 Å². The summed E-state index contributed by atoms with van der Waals surface area (Å²) in [7, 11) is 0. The van der Waals surface area contributed by atoms with Crippen molar-refractivity contribution in [3.8, 4) is 0 Å². The van der Waals surface area contributed by atoms with Crippen LogP contribution in [0.4, 0.5) is 10.2 Å². The van der Waals surface area contributed by atoms with Crippen LogP contribution in [0.25, 0.3) is 0 Å². The molecule has 0 aliphatic heterocycles. The van der Waals surface area contributed by atoms with Crippen LogP contribution in [0.1, 0.15) is 32.9 Å². The van der Waals surface area contributed by atoms with E-state index < -0.39 is 5.82 Å². The van der Waals surface area contributed by atoms with Gasteiger partial charge in [0, 0.05) is 0 Å². The van der Waals surface area contributed by atoms with Crippen molar-refractivity contribution >= 4 is 5.82 Å². The SMILES string of the molecule is CC(C)(C)CCc1[nH]nc(N)c1F. The lowest BCUT2D eigenvalue weighted by Gasteiger charge is -2.16. The molecule has 0 aliphatic carbocycles. The van der Waals surface area contributed by atoms with Gasteiger partial charge in [-0.1, -0.05) is 20.8 Å². The molecule has 1 rings (SSSR count). The first-order valence-electron chi connectivity index (χ1n) is 4.38. The smallest absolute Gasteiger partial charge is 0.187 e. The number of nitrogens with zero attached hydrogens (tertiary/aromatic N) is 1. The monoisotopic (exact) mass is 185 g/mol. The number of rotatable bonds is 2. The molecule has 0 bridgehead atoms. The Morgan fingerprint density at radius 2 is 2.08 bits per heavy atom. The highest BCUT2D eigenvalue weighted by molar-refractivity contribution is 5.31. The second-order valence-corrected chi connectivity index (χ2v) is 4.46. The number of halogens is 1. The number of hydrogen-bond donors (Lipinski definition) is 2. The Morgan fingerprint density at radius 3 is 2.46 bits per heavy atom. The van der Waals surface area contributed by atoms with Crippen molar-refractivity contribution in [1.29, 1.82) is 0 Å². The molecular formula is C9H16FN3. The van der Waals surface area contributed by atoms with E-state index in [0.29, 0.717) is 12.1 Å². The number of aromatic nitrogens is 2. The second-order valence-electron chi connectivity index (χ2n) is 4.46. The molecule has 13 heavy (non-hydrogen) atoms. The lowest BCUT2D eigenvalue weighted by molar-refractivity contribution is 0.373. The quantitative estimate of drug-likeness (QED) is 0.741. The molecule has 1 aromatic rings. The normalized spacial score (nSPS) is 12.0. The highest BCUT2D eigenvalue weighted by Gasteiger charge is 2.14. The molecule has 0 fully saturated rings. The minimum atomic E-state index is -0.399. The zero-order valence-corrected chi connectivity index (χ0v) is 8.32. The van der Waals surface area contributed by atoms with Crippen LogP contribution >= 0.6 is 0 Å². The maximum atomic E-state index is 13.1. The summed E-state index contributed by atoms with van der Waals surface area (Å²) in [6, 6.07) is 0. The molecule has 0 atom stereocenters. The number of H-pyrrole nitrogens is 1. The van der Waals surface area contributed by atoms with Crippen LogP contribution < -0.4 is 5.73 Å². The van der Waals surface area contributed by atoms with Gasteiger partial charge in [0.25, 0.3) is 0 Å². The van der Waals surface area contributed by atoms with E-state index in [1.165, 1.54) is 0 Å². The molecule has 0 saturated heterocycles. The van der Waals surface area contributed by atoms with Gasteiger partial charge >= 0.3 is 0 Å². The van der Waals surface area contributed by atoms with Gasteiger partial charge in [-0.15, -0.1) is 0 Å². The van der Waals surface area contributed by atoms with Crippen LogP contribution in [0.3, 0.4) is 0 Å². The number of hydrogen-bond acceptors (Lipinski definition) is 2. The molecule has 0 radical (unpaired) electrons. The predicted octanol–water partition coefficient (Wildman–Crippen LogP) is 2.11. The van der Waals surface area contributed by atoms with Crippen molar-refractivity contribution in [3.63, 3.8) is 0 Å². The zero-order valence-electron chi connectivity index (χ0n) is 8.32. The minimum Gasteiger partial charge on any atom is -0.380 e. The van der Waals surface area contributed by atoms with Gasteiger partial charge in [-0.2, -0.15) is 5.10 Å². The Bertz CT molecular complexity index is 286. The first kappa shape index (κ1) is 10.0. The van der Waals surface area contributed by atoms with Crippen LogP contribution in [-0.4, -0.2) is 10.2 Å². The van der Waals surface area contributed by atoms with Crippen LogP contribution in [0.2, 0.25) is 0 Å². The van der Waals surface area contributed by atoms with Gasteiger partial charge in [0.2, 0.25) is 0 Å². The lowest BCUT2D eigenvalue weighted by Crippen LogP contribution is -2.07. The van der Waals surface area contributed by atoms with E-state index in [0.717, 1.165) is 6.42 Å². The van der Waals surface area contributed by atoms with E-state index in [1.54, 1.807) is 0 Å². The summed E-state index contributed by atoms with van der Waals surface area (Å²) in [5, 5.41) is 6.19. The fraction of sp³-hybridized carbons (Fsp3) is 0.667. The van der Waals surface area contributed by atoms with Crippen molar-refractivity contribution < 1.29 is 4.39 Å². The maximum absolute atomic E-state index is 13.1. The fourth-order valence-electron chi connectivity index (χ4n) is 1.05. The van der Waals surface area contributed by atoms with E-state index in [4.69, 9.17) is 5.73 Å². The molecule has 0 saturated carbocycles. The van der Waals surface area contributed by atoms with Gasteiger partial charge in [0.05, 0.1) is 5.69 Å². The topological polar surface area (TPSA) is 54.7 Å². The molecule has 0 unspecified atom stereocenters. The number of nitrogens with two attached hydrogens (primary N) is 1. The summed E-state index contributed by atoms with van der Waals surface area (Å²) in [6.45, 7) is 6.35. The third kappa shape index (κ3) is 2.72. The number of nitrogen functional groups attached to an aromatic ring is 1. The Balaban J connectivity index is 2.60. The third-order valence-corrected chi connectivity index (χ3v) is 1.93. The Kier molecular flexibility index (Phi) is 2.59. The third-order valence-electron chi connectivity index (χ3n) is 1.93. The van der Waals surface area contributed by atoms with Crippen LogP contribution in [0.15, 0.2) is 0 Å². The molecule has 0 aliphatic rings. The van der Waals surface area contributed by atoms with Gasteiger partial charge < -0.3 is 5.73 Å². The molecule has 1 aromatic heterocycles. The second kappa shape index (κ2) is 3.36. The molecule has 4 heteroatoms. The lowest BCUT2D eigenvalue weighted by atomic mass is 9.90. The Morgan fingerprint density at radius 1 is 1.46 bits per heavy atom. The molecule has 74 valence electrons. The van der Waals surface area contributed by atoms with Crippen LogP contribution in [-0.2, 0) is 6.42 Å². The number of aromatic amines is 1. The molecule has 1 heterocycles. The highest BCUT2D eigenvalue weighted by atomic mass is 19.1. The average Bonchev–Trinajstić information content (AvgIpc) is 2.29. The zero-order chi connectivity index (χ0) is 10.1. The Hall–Kier alpha value is -1.06. The summed E-state index contributed by atoms with van der Waals surface area (Å²) >= 11 is 0. The van der Waals surface area contributed by atoms with Crippen molar-refractivity contribution in [3.05, 3.63) is 11.5 Å². The van der Waals surface area contributed by atoms with Crippen molar-refractivity contribution in [2.75, 3.05) is 5.73 Å². The fourth-order valence-corrected chi connectivity index (χ4v) is 1.05. The predicted molar refractivity (Wildman–Crippen MR) is 50.7 cm³/mol. The van der Waals surface area contributed by atoms with Crippen LogP contribution in [0.5, 0.6) is 0 Å². The summed E-state index contributed by atoms with van der Waals surface area (Å²) in [6.07, 6.45) is 1.56. The van der Waals surface area contributed by atoms with E-state index in [9.17, 15) is 4.39 Å². The molecule has 3 N–H and O–H groups in total. The van der Waals surface area contributed by atoms with Gasteiger partial charge in [0.1, 0.15) is 0 Å². The van der Waals surface area contributed by atoms with E-state index in [-0.39, 0.29) is 11.2 Å². The van der Waals surface area contributed by atoms with E-state index >= 15 is 0 Å². The van der Waals surface area contributed by atoms with Gasteiger partial charge in [-0.25, -0.2) is 4.39 Å². The summed E-state index contributed by atoms with van der Waals surface area (Å²) in [5.41, 5.74) is 5.97. The molecule has 0 amide bonds. The van der Waals surface area contributed by atoms with Crippen molar-refractivity contribution in [2.24, 2.45) is 5.41 Å². The van der Waals surface area contributed by atoms with Crippen molar-refractivity contribution in [1.82, 2.24) is 10.2 Å². The summed E-state index contributed by atoms with van der Waals surface area (Å²) in [4.78, 5) is 0. The summed E-state index contributed by atoms with van der Waals surface area (Å²) in [5.74, 6) is -0.437. The highest BCUT2D eigenvalue weighted by Crippen LogP contribution is 2.22. The number of aryl methyl sites for hydroxylation is 1. The number of nitrogens with one attached hydrogen (secondary N) is 1. The minimum absolute atomic E-state index is 0.0380. The largest absolute Gasteiger partial charge is 0.380 e. The maximum Gasteiger partial charge on any atom is 0.187 e. The standard InChI is InChI=1S/C9H16FN3/c1-9(2,3)5-4-6-7(10)8(11)13-12-6/h4-5H2,1-3H3,(H3,11,12,13). The van der Waals surface area contributed by atoms with Crippen molar-refractivity contribution in [2.45, 2.75) is 33.6 Å². The first-order valence-corrected chi connectivity index (χ1v) is 4.38. The van der Waals surface area contributed by atoms with Crippen LogP contribution in [0, 0.1) is 11.2 Å². The molecule has 0 spiro atoms.